The first kappa shape index (κ1) is 19.7. The van der Waals surface area contributed by atoms with Gasteiger partial charge in [-0.2, -0.15) is 0 Å². The van der Waals surface area contributed by atoms with Gasteiger partial charge in [-0.15, -0.1) is 0 Å². The van der Waals surface area contributed by atoms with Crippen LogP contribution in [0.15, 0.2) is 36.8 Å². The summed E-state index contributed by atoms with van der Waals surface area (Å²) in [5.74, 6) is 2.53. The number of anilines is 2. The molecule has 2 aromatic heterocycles. The summed E-state index contributed by atoms with van der Waals surface area (Å²) < 4.78 is 12.4. The van der Waals surface area contributed by atoms with E-state index in [1.807, 2.05) is 13.0 Å². The van der Waals surface area contributed by atoms with Gasteiger partial charge in [-0.25, -0.2) is 15.0 Å². The van der Waals surface area contributed by atoms with E-state index in [-0.39, 0.29) is 6.10 Å². The van der Waals surface area contributed by atoms with Crippen LogP contribution in [0.5, 0.6) is 5.75 Å². The molecule has 2 bridgehead atoms. The van der Waals surface area contributed by atoms with Crippen LogP contribution in [0.3, 0.4) is 0 Å². The molecule has 1 N–H and O–H groups in total. The molecule has 1 aliphatic carbocycles. The number of nitrogens with one attached hydrogen (secondary N) is 1. The molecule has 7 rings (SSSR count). The second kappa shape index (κ2) is 8.16. The summed E-state index contributed by atoms with van der Waals surface area (Å²) in [5, 5.41) is 3.55. The molecule has 5 heterocycles. The molecular weight excluding hydrogens is 404 g/mol. The quantitative estimate of drug-likeness (QED) is 0.656. The smallest absolute Gasteiger partial charge is 0.149 e. The number of hydrogen-bond donors (Lipinski definition) is 1. The highest BCUT2D eigenvalue weighted by atomic mass is 16.5. The predicted molar refractivity (Wildman–Crippen MR) is 122 cm³/mol. The van der Waals surface area contributed by atoms with Crippen LogP contribution in [-0.4, -0.2) is 57.4 Å². The topological polar surface area (TPSA) is 85.3 Å². The van der Waals surface area contributed by atoms with Crippen LogP contribution in [0, 0.1) is 6.92 Å². The van der Waals surface area contributed by atoms with E-state index in [9.17, 15) is 0 Å². The van der Waals surface area contributed by atoms with Gasteiger partial charge in [0.2, 0.25) is 0 Å². The second-order valence-electron chi connectivity index (χ2n) is 9.11. The third-order valence-corrected chi connectivity index (χ3v) is 6.74. The summed E-state index contributed by atoms with van der Waals surface area (Å²) in [5.41, 5.74) is 2.88. The van der Waals surface area contributed by atoms with E-state index >= 15 is 0 Å². The Morgan fingerprint density at radius 1 is 1.00 bits per heavy atom. The summed E-state index contributed by atoms with van der Waals surface area (Å²) in [4.78, 5) is 20.2. The molecule has 8 nitrogen and oxygen atoms in total. The van der Waals surface area contributed by atoms with Crippen molar-refractivity contribution in [1.82, 2.24) is 19.9 Å². The molecule has 2 atom stereocenters. The number of fused-ring (bicyclic) bond motifs is 3. The van der Waals surface area contributed by atoms with Crippen LogP contribution >= 0.6 is 0 Å². The molecule has 1 aromatic carbocycles. The number of piperidine rings is 1. The van der Waals surface area contributed by atoms with E-state index in [2.05, 4.69) is 42.3 Å². The first-order valence-electron chi connectivity index (χ1n) is 11.6. The number of ether oxygens (including phenoxy) is 2. The number of rotatable bonds is 5. The zero-order valence-electron chi connectivity index (χ0n) is 18.3. The molecule has 0 spiro atoms. The Bertz CT molecular complexity index is 1100. The van der Waals surface area contributed by atoms with Gasteiger partial charge in [-0.05, 0) is 44.7 Å². The normalized spacial score (nSPS) is 27.1. The van der Waals surface area contributed by atoms with Crippen LogP contribution in [0.1, 0.15) is 37.9 Å². The number of aromatic nitrogens is 4. The molecule has 8 heteroatoms. The van der Waals surface area contributed by atoms with Gasteiger partial charge in [0.1, 0.15) is 22.9 Å². The molecule has 4 aliphatic rings. The van der Waals surface area contributed by atoms with Crippen molar-refractivity contribution in [3.63, 3.8) is 0 Å². The first-order chi connectivity index (χ1) is 15.7. The van der Waals surface area contributed by atoms with Gasteiger partial charge in [0, 0.05) is 55.9 Å². The van der Waals surface area contributed by atoms with Gasteiger partial charge in [0.05, 0.1) is 23.8 Å². The van der Waals surface area contributed by atoms with Crippen LogP contribution < -0.4 is 15.0 Å². The van der Waals surface area contributed by atoms with Gasteiger partial charge in [0.25, 0.3) is 0 Å². The third-order valence-electron chi connectivity index (χ3n) is 6.74. The molecule has 166 valence electrons. The SMILES string of the molecule is Cc1nccc(N[C@H]2CC[C@@H](Oc3cc(N4CC5CC(C4)O5)cc4nccnc34)CC2)n1. The zero-order valence-corrected chi connectivity index (χ0v) is 18.3. The van der Waals surface area contributed by atoms with Crippen molar-refractivity contribution in [3.05, 3.63) is 42.6 Å². The van der Waals surface area contributed by atoms with E-state index in [4.69, 9.17) is 9.47 Å². The maximum atomic E-state index is 6.54. The van der Waals surface area contributed by atoms with Gasteiger partial charge < -0.3 is 19.7 Å². The molecule has 4 fully saturated rings. The van der Waals surface area contributed by atoms with Gasteiger partial charge in [-0.1, -0.05) is 0 Å². The second-order valence-corrected chi connectivity index (χ2v) is 9.11. The Morgan fingerprint density at radius 3 is 2.56 bits per heavy atom. The van der Waals surface area contributed by atoms with Crippen molar-refractivity contribution in [1.29, 1.82) is 0 Å². The van der Waals surface area contributed by atoms with Gasteiger partial charge >= 0.3 is 0 Å². The molecule has 1 saturated carbocycles. The summed E-state index contributed by atoms with van der Waals surface area (Å²) in [7, 11) is 0. The summed E-state index contributed by atoms with van der Waals surface area (Å²) in [6.45, 7) is 3.78. The van der Waals surface area contributed by atoms with Gasteiger partial charge in [0.15, 0.2) is 0 Å². The Hall–Kier alpha value is -3.00. The van der Waals surface area contributed by atoms with Crippen molar-refractivity contribution in [2.45, 2.75) is 63.4 Å². The predicted octanol–water partition coefficient (Wildman–Crippen LogP) is 3.51. The molecule has 0 radical (unpaired) electrons. The Balaban J connectivity index is 1.16. The maximum absolute atomic E-state index is 6.54. The highest BCUT2D eigenvalue weighted by Crippen LogP contribution is 2.36. The molecule has 3 aromatic rings. The summed E-state index contributed by atoms with van der Waals surface area (Å²) in [6.07, 6.45) is 11.4. The average Bonchev–Trinajstić information content (AvgIpc) is 2.80. The fourth-order valence-electron chi connectivity index (χ4n) is 5.12. The van der Waals surface area contributed by atoms with Crippen LogP contribution in [0.4, 0.5) is 11.5 Å². The van der Waals surface area contributed by atoms with Crippen LogP contribution in [-0.2, 0) is 4.74 Å². The lowest BCUT2D eigenvalue weighted by Gasteiger charge is -2.48. The van der Waals surface area contributed by atoms with E-state index in [0.717, 1.165) is 72.9 Å². The Morgan fingerprint density at radius 2 is 1.78 bits per heavy atom. The van der Waals surface area contributed by atoms with E-state index < -0.39 is 0 Å². The summed E-state index contributed by atoms with van der Waals surface area (Å²) in [6, 6.07) is 6.62. The molecule has 0 amide bonds. The fraction of sp³-hybridized carbons (Fsp3) is 0.500. The average molecular weight is 433 g/mol. The van der Waals surface area contributed by atoms with Crippen molar-refractivity contribution in [3.8, 4) is 5.75 Å². The maximum Gasteiger partial charge on any atom is 0.149 e. The van der Waals surface area contributed by atoms with Crippen molar-refractivity contribution >= 4 is 22.5 Å². The lowest BCUT2D eigenvalue weighted by Crippen LogP contribution is -2.57. The number of hydrogen-bond acceptors (Lipinski definition) is 8. The Kier molecular flexibility index (Phi) is 5.02. The standard InChI is InChI=1S/C24H28N6O2/c1-15-25-7-6-23(28-15)29-16-2-4-18(5-3-16)32-22-11-17(10-21-24(22)27-9-8-26-21)30-13-19-12-20(14-30)31-19/h6-11,16,18-20H,2-5,12-14H2,1H3,(H,25,28,29)/t16-,18+,19?,20?. The van der Waals surface area contributed by atoms with E-state index in [1.165, 1.54) is 6.42 Å². The largest absolute Gasteiger partial charge is 0.488 e. The zero-order chi connectivity index (χ0) is 21.5. The van der Waals surface area contributed by atoms with Gasteiger partial charge in [-0.3, -0.25) is 4.98 Å². The first-order valence-corrected chi connectivity index (χ1v) is 11.6. The molecular formula is C24H28N6O2. The molecule has 3 saturated heterocycles. The van der Waals surface area contributed by atoms with Crippen molar-refractivity contribution in [2.24, 2.45) is 0 Å². The molecule has 2 unspecified atom stereocenters. The molecule has 3 aliphatic heterocycles. The van der Waals surface area contributed by atoms with Crippen molar-refractivity contribution < 1.29 is 9.47 Å². The summed E-state index contributed by atoms with van der Waals surface area (Å²) >= 11 is 0. The number of aryl methyl sites for hydroxylation is 1. The van der Waals surface area contributed by atoms with E-state index in [1.54, 1.807) is 18.6 Å². The van der Waals surface area contributed by atoms with Crippen LogP contribution in [0.2, 0.25) is 0 Å². The highest BCUT2D eigenvalue weighted by Gasteiger charge is 2.38. The highest BCUT2D eigenvalue weighted by molar-refractivity contribution is 5.85. The number of morpholine rings is 1. The minimum Gasteiger partial charge on any atom is -0.488 e. The van der Waals surface area contributed by atoms with Crippen molar-refractivity contribution in [2.75, 3.05) is 23.3 Å². The fourth-order valence-corrected chi connectivity index (χ4v) is 5.12. The molecule has 32 heavy (non-hydrogen) atoms. The lowest BCUT2D eigenvalue weighted by molar-refractivity contribution is -0.133. The number of benzene rings is 1. The van der Waals surface area contributed by atoms with Crippen LogP contribution in [0.25, 0.3) is 11.0 Å². The lowest BCUT2D eigenvalue weighted by atomic mass is 9.93. The Labute approximate surface area is 187 Å². The van der Waals surface area contributed by atoms with E-state index in [0.29, 0.717) is 18.2 Å². The minimum atomic E-state index is 0.179. The minimum absolute atomic E-state index is 0.179. The monoisotopic (exact) mass is 432 g/mol. The number of nitrogens with zero attached hydrogens (tertiary/aromatic N) is 5. The third kappa shape index (κ3) is 3.95.